The number of carbonyl (C=O) groups excluding carboxylic acids is 1. The molecule has 6 aliphatic rings. The van der Waals surface area contributed by atoms with Crippen LogP contribution in [0.15, 0.2) is 0 Å². The van der Waals surface area contributed by atoms with Crippen LogP contribution in [0.3, 0.4) is 0 Å². The summed E-state index contributed by atoms with van der Waals surface area (Å²) >= 11 is 0. The van der Waals surface area contributed by atoms with Crippen LogP contribution in [0.5, 0.6) is 0 Å². The number of carboxylic acid groups (broad SMARTS) is 1. The first-order valence-electron chi connectivity index (χ1n) is 27.0. The first-order valence-corrected chi connectivity index (χ1v) is 32.0. The van der Waals surface area contributed by atoms with E-state index in [9.17, 15) is 109 Å². The molecule has 6 heterocycles. The van der Waals surface area contributed by atoms with Gasteiger partial charge in [0.25, 0.3) is 5.79 Å². The van der Waals surface area contributed by atoms with E-state index in [0.29, 0.717) is 6.04 Å². The molecule has 0 radical (unpaired) electrons. The maximum atomic E-state index is 13.3. The Bertz CT molecular complexity index is 2250. The second kappa shape index (κ2) is 29.9. The lowest BCUT2D eigenvalue weighted by Gasteiger charge is -2.52. The van der Waals surface area contributed by atoms with Crippen molar-refractivity contribution in [2.45, 2.75) is 236 Å². The maximum absolute atomic E-state index is 13.3. The minimum atomic E-state index is -5.55. The van der Waals surface area contributed by atoms with Crippen LogP contribution in [0.2, 0.25) is 25.7 Å². The third kappa shape index (κ3) is 16.9. The Morgan fingerprint density at radius 2 is 1.15 bits per heavy atom. The predicted molar refractivity (Wildman–Crippen MR) is 271 cm³/mol. The topological polar surface area (TPSA) is 590 Å². The lowest BCUT2D eigenvalue weighted by Crippen LogP contribution is -2.72. The van der Waals surface area contributed by atoms with E-state index in [1.165, 1.54) is 6.92 Å². The number of carbonyl (C=O) groups is 2. The number of ether oxygens (including phenoxy) is 12. The zero-order valence-electron chi connectivity index (χ0n) is 46.5. The molecule has 6 aliphatic heterocycles. The molecule has 37 nitrogen and oxygen atoms in total. The highest BCUT2D eigenvalue weighted by Crippen LogP contribution is 2.40. The van der Waals surface area contributed by atoms with Crippen LogP contribution in [0.25, 0.3) is 0 Å². The molecule has 496 valence electrons. The smallest absolute Gasteiger partial charge is 0.397 e. The lowest BCUT2D eigenvalue weighted by molar-refractivity contribution is -0.399. The molecule has 0 saturated carbocycles. The molecule has 0 spiro atoms. The van der Waals surface area contributed by atoms with Crippen molar-refractivity contribution in [3.63, 3.8) is 0 Å². The standard InChI is InChI=1S/C46H82N2O35SSi/c1-14-24(56)28(60)30(62)42(73-14)80-37-23(48-15(2)53)40(81-38-26(58)18(10-50)74-43(32(38)64)78-34-20(12-52)76-41(31(63)29(34)61)71-6-7-85(3,4)5)77-21(13-72-84(68,69)70)35(37)79-44-33(65)39(27(59)19(11-51)75-44)83-46(45(66)67)8-16(54)22(47)36(82-46)25(57)17(55)9-49/h14,16-44,49-52,54-65H,6-13,47H2,1-5H3,(H,48,53)(H,66,67)(H,68,69,70)/t14-,16-,17+,18+,19+,20+,21+,22+,23+,24+,25+,26-,27-,28+,29+,30-,31+,32+,33+,34+,35+,36+,37+,38-,39-,40-,41+,42-,43-,44-,46-/m0/s1. The summed E-state index contributed by atoms with van der Waals surface area (Å²) in [5, 5.41) is 188. The van der Waals surface area contributed by atoms with Crippen LogP contribution in [0.1, 0.15) is 20.3 Å². The Morgan fingerprint density at radius 3 is 1.69 bits per heavy atom. The third-order valence-corrected chi connectivity index (χ3v) is 17.3. The number of amides is 1. The monoisotopic (exact) mass is 1280 g/mol. The number of hydrogen-bond acceptors (Lipinski definition) is 34. The zero-order valence-corrected chi connectivity index (χ0v) is 48.3. The molecule has 85 heavy (non-hydrogen) atoms. The molecule has 0 aromatic heterocycles. The van der Waals surface area contributed by atoms with Crippen molar-refractivity contribution in [1.82, 2.24) is 5.32 Å². The molecule has 31 atom stereocenters. The normalized spacial score (nSPS) is 45.6. The average Bonchev–Trinajstić information content (AvgIpc) is 1.21. The third-order valence-electron chi connectivity index (χ3n) is 15.2. The summed E-state index contributed by atoms with van der Waals surface area (Å²) in [6, 6.07) is -3.17. The Morgan fingerprint density at radius 1 is 0.647 bits per heavy atom. The van der Waals surface area contributed by atoms with E-state index < -0.39 is 260 Å². The molecule has 6 fully saturated rings. The van der Waals surface area contributed by atoms with Gasteiger partial charge in [-0.2, -0.15) is 8.42 Å². The lowest BCUT2D eigenvalue weighted by atomic mass is 9.88. The highest BCUT2D eigenvalue weighted by atomic mass is 32.3. The highest BCUT2D eigenvalue weighted by Gasteiger charge is 2.62. The number of aliphatic hydroxyl groups is 16. The Balaban J connectivity index is 1.40. The molecule has 1 amide bonds. The fourth-order valence-electron chi connectivity index (χ4n) is 10.3. The van der Waals surface area contributed by atoms with Crippen LogP contribution in [-0.4, -0.2) is 349 Å². The van der Waals surface area contributed by atoms with E-state index in [1.54, 1.807) is 0 Å². The van der Waals surface area contributed by atoms with Gasteiger partial charge in [-0.25, -0.2) is 8.98 Å². The largest absolute Gasteiger partial charge is 0.477 e. The van der Waals surface area contributed by atoms with Crippen LogP contribution in [0, 0.1) is 0 Å². The molecule has 39 heteroatoms. The van der Waals surface area contributed by atoms with E-state index in [2.05, 4.69) is 9.50 Å². The summed E-state index contributed by atoms with van der Waals surface area (Å²) < 4.78 is 109. The molecule has 0 aromatic rings. The number of carboxylic acids is 1. The van der Waals surface area contributed by atoms with Gasteiger partial charge in [-0.3, -0.25) is 9.35 Å². The quantitative estimate of drug-likeness (QED) is 0.0298. The van der Waals surface area contributed by atoms with Gasteiger partial charge in [0.15, 0.2) is 31.5 Å². The Hall–Kier alpha value is -2.13. The van der Waals surface area contributed by atoms with Crippen molar-refractivity contribution >= 4 is 30.3 Å². The summed E-state index contributed by atoms with van der Waals surface area (Å²) in [5.41, 5.74) is 5.98. The van der Waals surface area contributed by atoms with Crippen molar-refractivity contribution in [3.8, 4) is 0 Å². The zero-order chi connectivity index (χ0) is 63.5. The fourth-order valence-corrected chi connectivity index (χ4v) is 11.4. The first-order chi connectivity index (χ1) is 39.6. The van der Waals surface area contributed by atoms with Crippen molar-refractivity contribution in [1.29, 1.82) is 0 Å². The molecule has 6 rings (SSSR count). The Kier molecular flexibility index (Phi) is 25.3. The minimum Gasteiger partial charge on any atom is -0.477 e. The van der Waals surface area contributed by atoms with Gasteiger partial charge in [0.1, 0.15) is 134 Å². The predicted octanol–water partition coefficient (Wildman–Crippen LogP) is -11.6. The van der Waals surface area contributed by atoms with Crippen LogP contribution >= 0.6 is 0 Å². The van der Waals surface area contributed by atoms with Gasteiger partial charge >= 0.3 is 16.4 Å². The highest BCUT2D eigenvalue weighted by molar-refractivity contribution is 7.80. The molecule has 0 aliphatic carbocycles. The molecule has 0 aromatic carbocycles. The number of aliphatic hydroxyl groups excluding tert-OH is 16. The second-order valence-electron chi connectivity index (χ2n) is 22.7. The summed E-state index contributed by atoms with van der Waals surface area (Å²) in [7, 11) is -7.23. The molecule has 6 saturated heterocycles. The number of hydrogen-bond donors (Lipinski definition) is 20. The van der Waals surface area contributed by atoms with Gasteiger partial charge in [0, 0.05) is 28.0 Å². The van der Waals surface area contributed by atoms with Gasteiger partial charge in [0.05, 0.1) is 51.3 Å². The number of nitrogens with two attached hydrogens (primary N) is 1. The maximum Gasteiger partial charge on any atom is 0.397 e. The van der Waals surface area contributed by atoms with Crippen LogP contribution in [-0.2, 0) is 81.0 Å². The number of rotatable bonds is 25. The Labute approximate surface area is 486 Å². The van der Waals surface area contributed by atoms with E-state index in [1.807, 2.05) is 19.6 Å². The number of aliphatic carboxylic acids is 1. The van der Waals surface area contributed by atoms with Gasteiger partial charge in [0.2, 0.25) is 5.91 Å². The summed E-state index contributed by atoms with van der Waals surface area (Å²) in [6.45, 7) is 2.55. The average molecular weight is 1280 g/mol. The molecular weight excluding hydrogens is 1200 g/mol. The van der Waals surface area contributed by atoms with Gasteiger partial charge in [-0.05, 0) is 13.0 Å². The van der Waals surface area contributed by atoms with E-state index in [-0.39, 0.29) is 6.61 Å². The van der Waals surface area contributed by atoms with Gasteiger partial charge in [-0.15, -0.1) is 0 Å². The number of nitrogens with one attached hydrogen (secondary N) is 1. The van der Waals surface area contributed by atoms with Crippen molar-refractivity contribution in [2.75, 3.05) is 39.6 Å². The van der Waals surface area contributed by atoms with Gasteiger partial charge < -0.3 is 155 Å². The molecule has 0 bridgehead atoms. The van der Waals surface area contributed by atoms with E-state index in [4.69, 9.17) is 62.6 Å². The summed E-state index contributed by atoms with van der Waals surface area (Å²) in [6.07, 6.45) is -59.2. The van der Waals surface area contributed by atoms with E-state index in [0.717, 1.165) is 6.92 Å². The van der Waals surface area contributed by atoms with Crippen molar-refractivity contribution in [2.24, 2.45) is 5.73 Å². The van der Waals surface area contributed by atoms with E-state index >= 15 is 0 Å². The molecule has 21 N–H and O–H groups in total. The van der Waals surface area contributed by atoms with Gasteiger partial charge in [-0.1, -0.05) is 19.6 Å². The summed E-state index contributed by atoms with van der Waals surface area (Å²) in [4.78, 5) is 26.4. The minimum absolute atomic E-state index is 0.0958. The first kappa shape index (κ1) is 71.9. The molecule has 0 unspecified atom stereocenters. The fraction of sp³-hybridized carbons (Fsp3) is 0.957. The summed E-state index contributed by atoms with van der Waals surface area (Å²) in [5.74, 6) is -6.40. The molecular formula is C46H82N2O35SSi. The SMILES string of the molecule is CC(=O)N[C@H]1[C@H](O[C@H]2[C@@H](O)[C@@H](CO)O[C@@H](O[C@H]3[C@H](O)[C@@H](O)[C@H](OCC[Si](C)(C)C)O[C@@H]3CO)[C@@H]2O)O[C@H](COS(=O)(=O)O)[C@@H](O[C@@H]2O[C@H](CO)[C@H](O)[C@H](O[C@]3(C(=O)O)C[C@H](O)[C@@H](N)[C@H]([C@H](O)[C@H](O)CO)O3)[C@H]2O)[C@@H]1O[C@@H]1O[C@@H](C)[C@@H](O)[C@@H](O)[C@@H]1O. The van der Waals surface area contributed by atoms with Crippen molar-refractivity contribution < 1.29 is 170 Å². The second-order valence-corrected chi connectivity index (χ2v) is 29.4. The van der Waals surface area contributed by atoms with Crippen LogP contribution < -0.4 is 11.1 Å². The van der Waals surface area contributed by atoms with Crippen LogP contribution in [0.4, 0.5) is 0 Å². The van der Waals surface area contributed by atoms with Crippen molar-refractivity contribution in [3.05, 3.63) is 0 Å².